The molecular formula is C21H19ClF3N3O3. The predicted molar refractivity (Wildman–Crippen MR) is 110 cm³/mol. The van der Waals surface area contributed by atoms with E-state index in [9.17, 15) is 22.8 Å². The van der Waals surface area contributed by atoms with Crippen LogP contribution in [0.3, 0.4) is 0 Å². The monoisotopic (exact) mass is 453 g/mol. The van der Waals surface area contributed by atoms with Crippen LogP contribution in [0, 0.1) is 17.5 Å². The van der Waals surface area contributed by atoms with Gasteiger partial charge in [-0.2, -0.15) is 0 Å². The van der Waals surface area contributed by atoms with Crippen molar-refractivity contribution in [2.45, 2.75) is 39.3 Å². The Morgan fingerprint density at radius 2 is 1.68 bits per heavy atom. The molecule has 3 aromatic rings. The van der Waals surface area contributed by atoms with Gasteiger partial charge in [-0.3, -0.25) is 9.36 Å². The van der Waals surface area contributed by atoms with Crippen molar-refractivity contribution in [3.8, 4) is 5.69 Å². The number of halogens is 4. The molecule has 0 fully saturated rings. The molecule has 0 aliphatic carbocycles. The molecule has 0 unspecified atom stereocenters. The number of amides is 1. The molecule has 0 spiro atoms. The van der Waals surface area contributed by atoms with Gasteiger partial charge in [0.25, 0.3) is 5.56 Å². The number of nitrogens with zero attached hydrogens (tertiary/aromatic N) is 2. The quantitative estimate of drug-likeness (QED) is 0.603. The number of aromatic nitrogens is 2. The van der Waals surface area contributed by atoms with E-state index in [0.29, 0.717) is 6.07 Å². The van der Waals surface area contributed by atoms with E-state index in [4.69, 9.17) is 16.3 Å². The van der Waals surface area contributed by atoms with E-state index < -0.39 is 40.7 Å². The van der Waals surface area contributed by atoms with Gasteiger partial charge in [-0.25, -0.2) is 22.9 Å². The minimum atomic E-state index is -0.945. The lowest BCUT2D eigenvalue weighted by Crippen LogP contribution is -2.37. The maximum Gasteiger partial charge on any atom is 0.408 e. The van der Waals surface area contributed by atoms with Crippen molar-refractivity contribution in [2.75, 3.05) is 0 Å². The Labute approximate surface area is 180 Å². The van der Waals surface area contributed by atoms with Crippen LogP contribution in [0.5, 0.6) is 0 Å². The van der Waals surface area contributed by atoms with E-state index in [-0.39, 0.29) is 27.4 Å². The van der Waals surface area contributed by atoms with E-state index in [1.807, 2.05) is 0 Å². The fourth-order valence-corrected chi connectivity index (χ4v) is 3.24. The summed E-state index contributed by atoms with van der Waals surface area (Å²) < 4.78 is 47.7. The zero-order valence-electron chi connectivity index (χ0n) is 17.1. The summed E-state index contributed by atoms with van der Waals surface area (Å²) in [7, 11) is 0. The van der Waals surface area contributed by atoms with Crippen LogP contribution in [0.4, 0.5) is 18.0 Å². The summed E-state index contributed by atoms with van der Waals surface area (Å²) >= 11 is 6.07. The van der Waals surface area contributed by atoms with Crippen LogP contribution in [-0.4, -0.2) is 21.2 Å². The van der Waals surface area contributed by atoms with E-state index in [1.165, 1.54) is 6.92 Å². The maximum atomic E-state index is 13.9. The van der Waals surface area contributed by atoms with Crippen LogP contribution in [0.1, 0.15) is 39.6 Å². The molecule has 164 valence electrons. The first-order valence-electron chi connectivity index (χ1n) is 9.23. The standard InChI is InChI=1S/C21H19ClF3N3O3/c1-10(26-20(30)31-21(2,3)4)18-27-17-15(8-13(25)9-16(17)22)19(29)28(18)14-6-11(23)5-12(24)7-14/h5-10H,1-4H3,(H,26,30)/t10-/m0/s1. The van der Waals surface area contributed by atoms with Crippen molar-refractivity contribution >= 4 is 28.6 Å². The highest BCUT2D eigenvalue weighted by molar-refractivity contribution is 6.35. The summed E-state index contributed by atoms with van der Waals surface area (Å²) in [6.45, 7) is 6.52. The zero-order chi connectivity index (χ0) is 23.1. The van der Waals surface area contributed by atoms with Gasteiger partial charge in [-0.05, 0) is 52.0 Å². The molecule has 1 atom stereocenters. The van der Waals surface area contributed by atoms with Gasteiger partial charge in [0.05, 0.1) is 27.7 Å². The first-order chi connectivity index (χ1) is 14.4. The van der Waals surface area contributed by atoms with Gasteiger partial charge in [0, 0.05) is 6.07 Å². The number of alkyl carbamates (subject to hydrolysis) is 1. The molecule has 2 aromatic carbocycles. The maximum absolute atomic E-state index is 13.9. The number of nitrogens with one attached hydrogen (secondary N) is 1. The topological polar surface area (TPSA) is 73.2 Å². The summed E-state index contributed by atoms with van der Waals surface area (Å²) in [6, 6.07) is 3.45. The Morgan fingerprint density at radius 3 is 2.26 bits per heavy atom. The molecule has 0 aliphatic heterocycles. The summed E-state index contributed by atoms with van der Waals surface area (Å²) in [5.74, 6) is -2.72. The largest absolute Gasteiger partial charge is 0.444 e. The molecule has 3 rings (SSSR count). The normalized spacial score (nSPS) is 12.6. The average Bonchev–Trinajstić information content (AvgIpc) is 2.59. The number of ether oxygens (including phenoxy) is 1. The fraction of sp³-hybridized carbons (Fsp3) is 0.286. The number of fused-ring (bicyclic) bond motifs is 1. The minimum absolute atomic E-state index is 0.0194. The Hall–Kier alpha value is -3.07. The minimum Gasteiger partial charge on any atom is -0.444 e. The number of hydrogen-bond donors (Lipinski definition) is 1. The van der Waals surface area contributed by atoms with Crippen LogP contribution >= 0.6 is 11.6 Å². The lowest BCUT2D eigenvalue weighted by atomic mass is 10.2. The SMILES string of the molecule is C[C@H](NC(=O)OC(C)(C)C)c1nc2c(Cl)cc(F)cc2c(=O)n1-c1cc(F)cc(F)c1. The Morgan fingerprint density at radius 1 is 1.10 bits per heavy atom. The van der Waals surface area contributed by atoms with Crippen LogP contribution < -0.4 is 10.9 Å². The Balaban J connectivity index is 2.25. The van der Waals surface area contributed by atoms with Crippen LogP contribution in [-0.2, 0) is 4.74 Å². The van der Waals surface area contributed by atoms with Gasteiger partial charge >= 0.3 is 6.09 Å². The second-order valence-electron chi connectivity index (χ2n) is 7.89. The number of carbonyl (C=O) groups is 1. The third-order valence-electron chi connectivity index (χ3n) is 4.14. The van der Waals surface area contributed by atoms with Gasteiger partial charge in [0.1, 0.15) is 28.9 Å². The van der Waals surface area contributed by atoms with Gasteiger partial charge in [-0.1, -0.05) is 11.6 Å². The molecule has 1 N–H and O–H groups in total. The van der Waals surface area contributed by atoms with Crippen molar-refractivity contribution in [1.82, 2.24) is 14.9 Å². The highest BCUT2D eigenvalue weighted by Crippen LogP contribution is 2.25. The van der Waals surface area contributed by atoms with E-state index in [0.717, 1.165) is 28.8 Å². The molecule has 0 saturated carbocycles. The molecule has 1 aromatic heterocycles. The van der Waals surface area contributed by atoms with Gasteiger partial charge in [-0.15, -0.1) is 0 Å². The number of rotatable bonds is 3. The zero-order valence-corrected chi connectivity index (χ0v) is 17.9. The van der Waals surface area contributed by atoms with E-state index >= 15 is 0 Å². The first kappa shape index (κ1) is 22.6. The third-order valence-corrected chi connectivity index (χ3v) is 4.43. The van der Waals surface area contributed by atoms with Crippen LogP contribution in [0.15, 0.2) is 35.1 Å². The second-order valence-corrected chi connectivity index (χ2v) is 8.30. The van der Waals surface area contributed by atoms with E-state index in [2.05, 4.69) is 10.3 Å². The summed E-state index contributed by atoms with van der Waals surface area (Å²) in [4.78, 5) is 29.7. The van der Waals surface area contributed by atoms with Gasteiger partial charge in [0.15, 0.2) is 0 Å². The third kappa shape index (κ3) is 4.99. The highest BCUT2D eigenvalue weighted by atomic mass is 35.5. The van der Waals surface area contributed by atoms with Gasteiger partial charge in [0.2, 0.25) is 0 Å². The second kappa shape index (κ2) is 8.22. The predicted octanol–water partition coefficient (Wildman–Crippen LogP) is 5.04. The molecular weight excluding hydrogens is 435 g/mol. The molecule has 31 heavy (non-hydrogen) atoms. The molecule has 1 amide bonds. The Bertz CT molecular complexity index is 1220. The highest BCUT2D eigenvalue weighted by Gasteiger charge is 2.24. The van der Waals surface area contributed by atoms with Crippen molar-refractivity contribution < 1.29 is 22.7 Å². The average molecular weight is 454 g/mol. The lowest BCUT2D eigenvalue weighted by Gasteiger charge is -2.23. The number of carbonyl (C=O) groups excluding carboxylic acids is 1. The molecule has 6 nitrogen and oxygen atoms in total. The summed E-state index contributed by atoms with van der Waals surface area (Å²) in [5.41, 5.74) is -1.81. The molecule has 0 aliphatic rings. The van der Waals surface area contributed by atoms with Crippen LogP contribution in [0.25, 0.3) is 16.6 Å². The summed E-state index contributed by atoms with van der Waals surface area (Å²) in [6.07, 6.45) is -0.795. The van der Waals surface area contributed by atoms with Crippen LogP contribution in [0.2, 0.25) is 5.02 Å². The number of hydrogen-bond acceptors (Lipinski definition) is 4. The molecule has 0 radical (unpaired) electrons. The summed E-state index contributed by atoms with van der Waals surface area (Å²) in [5, 5.41) is 2.21. The van der Waals surface area contributed by atoms with Gasteiger partial charge < -0.3 is 10.1 Å². The van der Waals surface area contributed by atoms with Crippen molar-refractivity contribution in [3.63, 3.8) is 0 Å². The fourth-order valence-electron chi connectivity index (χ4n) is 2.99. The van der Waals surface area contributed by atoms with E-state index in [1.54, 1.807) is 20.8 Å². The molecule has 1 heterocycles. The van der Waals surface area contributed by atoms with Crippen molar-refractivity contribution in [2.24, 2.45) is 0 Å². The Kier molecular flexibility index (Phi) is 6.00. The lowest BCUT2D eigenvalue weighted by molar-refractivity contribution is 0.0505. The number of benzene rings is 2. The van der Waals surface area contributed by atoms with Crippen molar-refractivity contribution in [3.05, 3.63) is 69.0 Å². The van der Waals surface area contributed by atoms with Crippen molar-refractivity contribution in [1.29, 1.82) is 0 Å². The molecule has 0 saturated heterocycles. The smallest absolute Gasteiger partial charge is 0.408 e. The molecule has 10 heteroatoms. The molecule has 0 bridgehead atoms. The first-order valence-corrected chi connectivity index (χ1v) is 9.61.